The van der Waals surface area contributed by atoms with E-state index in [1.165, 1.54) is 13.3 Å². The van der Waals surface area contributed by atoms with Crippen LogP contribution in [0.5, 0.6) is 0 Å². The second-order valence-corrected chi connectivity index (χ2v) is 6.06. The Morgan fingerprint density at radius 2 is 2.00 bits per heavy atom. The highest BCUT2D eigenvalue weighted by Gasteiger charge is 2.21. The number of aryl methyl sites for hydroxylation is 1. The van der Waals surface area contributed by atoms with E-state index in [0.29, 0.717) is 18.5 Å². The molecule has 0 bridgehead atoms. The van der Waals surface area contributed by atoms with Crippen LogP contribution in [0.3, 0.4) is 0 Å². The predicted molar refractivity (Wildman–Crippen MR) is 96.7 cm³/mol. The van der Waals surface area contributed by atoms with Gasteiger partial charge < -0.3 is 15.0 Å². The molecule has 0 saturated carbocycles. The highest BCUT2D eigenvalue weighted by molar-refractivity contribution is 6.02. The van der Waals surface area contributed by atoms with Crippen LogP contribution in [-0.4, -0.2) is 36.9 Å². The fourth-order valence-electron chi connectivity index (χ4n) is 2.91. The molecule has 1 aliphatic heterocycles. The Morgan fingerprint density at radius 3 is 2.77 bits per heavy atom. The molecule has 3 rings (SSSR count). The smallest absolute Gasteiger partial charge is 0.315 e. The summed E-state index contributed by atoms with van der Waals surface area (Å²) in [5, 5.41) is 2.64. The van der Waals surface area contributed by atoms with Gasteiger partial charge in [0.1, 0.15) is 6.42 Å². The Labute approximate surface area is 151 Å². The van der Waals surface area contributed by atoms with Crippen LogP contribution in [0.15, 0.2) is 36.7 Å². The Kier molecular flexibility index (Phi) is 4.97. The number of methoxy groups -OCH3 is 1. The molecule has 7 nitrogen and oxygen atoms in total. The first-order valence-electron chi connectivity index (χ1n) is 8.19. The van der Waals surface area contributed by atoms with Crippen molar-refractivity contribution in [3.05, 3.63) is 42.2 Å². The number of amides is 2. The van der Waals surface area contributed by atoms with Crippen LogP contribution in [0.25, 0.3) is 11.1 Å². The number of pyridine rings is 1. The number of nitrogens with one attached hydrogen (secondary N) is 1. The first kappa shape index (κ1) is 17.6. The van der Waals surface area contributed by atoms with Crippen molar-refractivity contribution >= 4 is 29.2 Å². The van der Waals surface area contributed by atoms with E-state index < -0.39 is 11.9 Å². The lowest BCUT2D eigenvalue weighted by atomic mass is 9.96. The summed E-state index contributed by atoms with van der Waals surface area (Å²) in [6.07, 6.45) is 4.07. The first-order valence-corrected chi connectivity index (χ1v) is 8.19. The lowest BCUT2D eigenvalue weighted by Crippen LogP contribution is -2.30. The van der Waals surface area contributed by atoms with Gasteiger partial charge in [-0.05, 0) is 35.7 Å². The minimum atomic E-state index is -0.597. The summed E-state index contributed by atoms with van der Waals surface area (Å²) < 4.78 is 4.48. The molecule has 2 amide bonds. The zero-order valence-electron chi connectivity index (χ0n) is 14.6. The van der Waals surface area contributed by atoms with Crippen molar-refractivity contribution < 1.29 is 19.1 Å². The van der Waals surface area contributed by atoms with Gasteiger partial charge in [-0.25, -0.2) is 0 Å². The maximum absolute atomic E-state index is 11.8. The van der Waals surface area contributed by atoms with Crippen LogP contribution in [0.2, 0.25) is 0 Å². The average Bonchev–Trinajstić information content (AvgIpc) is 2.64. The zero-order chi connectivity index (χ0) is 18.7. The predicted octanol–water partition coefficient (Wildman–Crippen LogP) is 2.16. The fraction of sp³-hybridized carbons (Fsp3) is 0.263. The fourth-order valence-corrected chi connectivity index (χ4v) is 2.91. The van der Waals surface area contributed by atoms with Gasteiger partial charge in [-0.1, -0.05) is 6.07 Å². The molecule has 7 heteroatoms. The highest BCUT2D eigenvalue weighted by atomic mass is 16.5. The molecule has 0 fully saturated rings. The van der Waals surface area contributed by atoms with E-state index in [1.807, 2.05) is 18.2 Å². The van der Waals surface area contributed by atoms with E-state index in [9.17, 15) is 14.4 Å². The number of benzene rings is 1. The van der Waals surface area contributed by atoms with Crippen molar-refractivity contribution in [2.24, 2.45) is 0 Å². The molecular formula is C19H19N3O4. The lowest BCUT2D eigenvalue weighted by molar-refractivity contribution is -0.142. The Bertz CT molecular complexity index is 879. The van der Waals surface area contributed by atoms with E-state index >= 15 is 0 Å². The van der Waals surface area contributed by atoms with Crippen molar-refractivity contribution in [2.45, 2.75) is 19.3 Å². The third kappa shape index (κ3) is 3.72. The van der Waals surface area contributed by atoms with Crippen LogP contribution in [0.4, 0.5) is 11.4 Å². The monoisotopic (exact) mass is 353 g/mol. The second-order valence-electron chi connectivity index (χ2n) is 6.06. The van der Waals surface area contributed by atoms with Gasteiger partial charge in [0.2, 0.25) is 11.8 Å². The third-order valence-electron chi connectivity index (χ3n) is 4.31. The molecule has 1 aromatic carbocycles. The molecule has 1 aromatic heterocycles. The van der Waals surface area contributed by atoms with Crippen LogP contribution in [0.1, 0.15) is 18.4 Å². The van der Waals surface area contributed by atoms with E-state index in [1.54, 1.807) is 24.2 Å². The standard InChI is InChI=1S/C19H19N3O4/c1-22-16-5-3-12(7-13(16)4-6-18(22)24)14-8-15(11-20-10-14)21-17(23)9-19(25)26-2/h3,5,7-8,10-11H,4,6,9H2,1-2H3,(H,21,23). The Balaban J connectivity index is 1.81. The third-order valence-corrected chi connectivity index (χ3v) is 4.31. The summed E-state index contributed by atoms with van der Waals surface area (Å²) in [5.41, 5.74) is 4.30. The molecule has 1 aliphatic rings. The van der Waals surface area contributed by atoms with Crippen molar-refractivity contribution in [1.82, 2.24) is 4.98 Å². The number of fused-ring (bicyclic) bond motifs is 1. The molecule has 1 N–H and O–H groups in total. The summed E-state index contributed by atoms with van der Waals surface area (Å²) in [6, 6.07) is 7.67. The van der Waals surface area contributed by atoms with Gasteiger partial charge in [-0.3, -0.25) is 19.4 Å². The summed E-state index contributed by atoms with van der Waals surface area (Å²) in [4.78, 5) is 40.6. The van der Waals surface area contributed by atoms with Gasteiger partial charge in [0.25, 0.3) is 0 Å². The first-order chi connectivity index (χ1) is 12.5. The minimum Gasteiger partial charge on any atom is -0.469 e. The number of aromatic nitrogens is 1. The quantitative estimate of drug-likeness (QED) is 0.672. The summed E-state index contributed by atoms with van der Waals surface area (Å²) in [6.45, 7) is 0. The minimum absolute atomic E-state index is 0.113. The Morgan fingerprint density at radius 1 is 1.19 bits per heavy atom. The van der Waals surface area contributed by atoms with Gasteiger partial charge in [0.05, 0.1) is 19.0 Å². The maximum Gasteiger partial charge on any atom is 0.315 e. The van der Waals surface area contributed by atoms with Gasteiger partial charge in [0, 0.05) is 30.9 Å². The largest absolute Gasteiger partial charge is 0.469 e. The number of ether oxygens (including phenoxy) is 1. The zero-order valence-corrected chi connectivity index (χ0v) is 14.6. The van der Waals surface area contributed by atoms with E-state index in [2.05, 4.69) is 15.0 Å². The number of esters is 1. The number of hydrogen-bond acceptors (Lipinski definition) is 5. The number of rotatable bonds is 4. The molecular weight excluding hydrogens is 334 g/mol. The topological polar surface area (TPSA) is 88.6 Å². The van der Waals surface area contributed by atoms with E-state index in [4.69, 9.17) is 0 Å². The van der Waals surface area contributed by atoms with Gasteiger partial charge in [-0.15, -0.1) is 0 Å². The van der Waals surface area contributed by atoms with Crippen LogP contribution in [-0.2, 0) is 25.5 Å². The molecule has 0 atom stereocenters. The normalized spacial score (nSPS) is 13.2. The molecule has 0 unspecified atom stereocenters. The summed E-state index contributed by atoms with van der Waals surface area (Å²) in [5.74, 6) is -0.941. The summed E-state index contributed by atoms with van der Waals surface area (Å²) in [7, 11) is 3.01. The SMILES string of the molecule is COC(=O)CC(=O)Nc1cncc(-c2ccc3c(c2)CCC(=O)N3C)c1. The summed E-state index contributed by atoms with van der Waals surface area (Å²) >= 11 is 0. The molecule has 134 valence electrons. The van der Waals surface area contributed by atoms with E-state index in [-0.39, 0.29) is 12.3 Å². The van der Waals surface area contributed by atoms with Gasteiger partial charge in [0.15, 0.2) is 0 Å². The lowest BCUT2D eigenvalue weighted by Gasteiger charge is -2.26. The van der Waals surface area contributed by atoms with Crippen molar-refractivity contribution in [2.75, 3.05) is 24.4 Å². The van der Waals surface area contributed by atoms with Crippen molar-refractivity contribution in [1.29, 1.82) is 0 Å². The van der Waals surface area contributed by atoms with Crippen LogP contribution >= 0.6 is 0 Å². The van der Waals surface area contributed by atoms with Crippen molar-refractivity contribution in [3.8, 4) is 11.1 Å². The van der Waals surface area contributed by atoms with Crippen molar-refractivity contribution in [3.63, 3.8) is 0 Å². The number of carbonyl (C=O) groups excluding carboxylic acids is 3. The number of hydrogen-bond donors (Lipinski definition) is 1. The maximum atomic E-state index is 11.8. The second kappa shape index (κ2) is 7.35. The number of nitrogens with zero attached hydrogens (tertiary/aromatic N) is 2. The van der Waals surface area contributed by atoms with Gasteiger partial charge in [-0.2, -0.15) is 0 Å². The average molecular weight is 353 g/mol. The molecule has 0 spiro atoms. The molecule has 26 heavy (non-hydrogen) atoms. The van der Waals surface area contributed by atoms with Crippen LogP contribution < -0.4 is 10.2 Å². The molecule has 2 heterocycles. The number of anilines is 2. The highest BCUT2D eigenvalue weighted by Crippen LogP contribution is 2.31. The van der Waals surface area contributed by atoms with Crippen LogP contribution in [0, 0.1) is 0 Å². The molecule has 2 aromatic rings. The van der Waals surface area contributed by atoms with E-state index in [0.717, 1.165) is 22.4 Å². The van der Waals surface area contributed by atoms with Gasteiger partial charge >= 0.3 is 5.97 Å². The molecule has 0 aliphatic carbocycles. The molecule has 0 saturated heterocycles. The number of carbonyl (C=O) groups is 3. The molecule has 0 radical (unpaired) electrons. The Hall–Kier alpha value is -3.22.